The van der Waals surface area contributed by atoms with E-state index in [0.29, 0.717) is 54.8 Å². The summed E-state index contributed by atoms with van der Waals surface area (Å²) in [4.78, 5) is 17.1. The Labute approximate surface area is 192 Å². The van der Waals surface area contributed by atoms with Gasteiger partial charge in [0.05, 0.1) is 21.3 Å². The van der Waals surface area contributed by atoms with Crippen molar-refractivity contribution in [3.05, 3.63) is 60.2 Å². The van der Waals surface area contributed by atoms with E-state index in [4.69, 9.17) is 14.2 Å². The van der Waals surface area contributed by atoms with Crippen molar-refractivity contribution in [3.8, 4) is 17.2 Å². The zero-order valence-electron chi connectivity index (χ0n) is 18.9. The normalized spacial score (nSPS) is 13.4. The SMILES string of the molecule is COc1cc(C(=O)N2CCN(c3ccc(Nc4ccccc4)nn3)CC2)cc(OC)c1OC. The molecule has 33 heavy (non-hydrogen) atoms. The molecule has 9 nitrogen and oxygen atoms in total. The minimum absolute atomic E-state index is 0.0811. The molecule has 1 aliphatic rings. The standard InChI is InChI=1S/C24H27N5O4/c1-31-19-15-17(16-20(32-2)23(19)33-3)24(30)29-13-11-28(12-14-29)22-10-9-21(26-27-22)25-18-7-5-4-6-8-18/h4-10,15-16H,11-14H2,1-3H3,(H,25,26). The molecule has 1 amide bonds. The van der Waals surface area contributed by atoms with Crippen LogP contribution >= 0.6 is 0 Å². The van der Waals surface area contributed by atoms with Gasteiger partial charge in [0.1, 0.15) is 0 Å². The number of anilines is 3. The lowest BCUT2D eigenvalue weighted by Gasteiger charge is -2.35. The van der Waals surface area contributed by atoms with Crippen molar-refractivity contribution < 1.29 is 19.0 Å². The van der Waals surface area contributed by atoms with E-state index in [1.807, 2.05) is 47.4 Å². The fourth-order valence-electron chi connectivity index (χ4n) is 3.76. The van der Waals surface area contributed by atoms with E-state index in [-0.39, 0.29) is 5.91 Å². The number of amides is 1. The molecule has 3 aromatic rings. The molecule has 0 unspecified atom stereocenters. The molecule has 2 aromatic carbocycles. The van der Waals surface area contributed by atoms with E-state index in [2.05, 4.69) is 20.4 Å². The number of benzene rings is 2. The molecule has 0 saturated carbocycles. The summed E-state index contributed by atoms with van der Waals surface area (Å²) in [6.07, 6.45) is 0. The molecule has 0 bridgehead atoms. The number of ether oxygens (including phenoxy) is 3. The monoisotopic (exact) mass is 449 g/mol. The van der Waals surface area contributed by atoms with E-state index >= 15 is 0 Å². The number of nitrogens with zero attached hydrogens (tertiary/aromatic N) is 4. The maximum Gasteiger partial charge on any atom is 0.254 e. The molecule has 1 aromatic heterocycles. The lowest BCUT2D eigenvalue weighted by molar-refractivity contribution is 0.0745. The van der Waals surface area contributed by atoms with Crippen LogP contribution in [0.4, 0.5) is 17.3 Å². The van der Waals surface area contributed by atoms with E-state index in [9.17, 15) is 4.79 Å². The van der Waals surface area contributed by atoms with Gasteiger partial charge >= 0.3 is 0 Å². The second-order valence-corrected chi connectivity index (χ2v) is 7.46. The molecule has 1 N–H and O–H groups in total. The van der Waals surface area contributed by atoms with Gasteiger partial charge in [-0.1, -0.05) is 18.2 Å². The quantitative estimate of drug-likeness (QED) is 0.588. The second kappa shape index (κ2) is 10.1. The van der Waals surface area contributed by atoms with Crippen LogP contribution in [0.5, 0.6) is 17.2 Å². The highest BCUT2D eigenvalue weighted by Crippen LogP contribution is 2.38. The number of nitrogens with one attached hydrogen (secondary N) is 1. The van der Waals surface area contributed by atoms with Gasteiger partial charge in [0, 0.05) is 37.4 Å². The summed E-state index contributed by atoms with van der Waals surface area (Å²) >= 11 is 0. The molecule has 0 aliphatic carbocycles. The van der Waals surface area contributed by atoms with Gasteiger partial charge in [0.25, 0.3) is 5.91 Å². The number of carbonyl (C=O) groups excluding carboxylic acids is 1. The van der Waals surface area contributed by atoms with Crippen LogP contribution in [0.25, 0.3) is 0 Å². The van der Waals surface area contributed by atoms with Gasteiger partial charge in [-0.05, 0) is 36.4 Å². The van der Waals surface area contributed by atoms with Gasteiger partial charge in [-0.3, -0.25) is 4.79 Å². The number of methoxy groups -OCH3 is 3. The molecule has 4 rings (SSSR count). The molecule has 172 valence electrons. The largest absolute Gasteiger partial charge is 0.493 e. The van der Waals surface area contributed by atoms with Crippen LogP contribution in [-0.2, 0) is 0 Å². The van der Waals surface area contributed by atoms with Crippen LogP contribution in [0.15, 0.2) is 54.6 Å². The zero-order chi connectivity index (χ0) is 23.2. The molecule has 1 aliphatic heterocycles. The zero-order valence-corrected chi connectivity index (χ0v) is 18.9. The molecular weight excluding hydrogens is 422 g/mol. The van der Waals surface area contributed by atoms with Gasteiger partial charge in [-0.2, -0.15) is 0 Å². The lowest BCUT2D eigenvalue weighted by atomic mass is 10.1. The number of hydrogen-bond donors (Lipinski definition) is 1. The summed E-state index contributed by atoms with van der Waals surface area (Å²) in [5.41, 5.74) is 1.45. The highest BCUT2D eigenvalue weighted by molar-refractivity contribution is 5.95. The third kappa shape index (κ3) is 4.92. The number of rotatable bonds is 7. The van der Waals surface area contributed by atoms with E-state index in [1.54, 1.807) is 12.1 Å². The predicted molar refractivity (Wildman–Crippen MR) is 126 cm³/mol. The summed E-state index contributed by atoms with van der Waals surface area (Å²) < 4.78 is 16.1. The van der Waals surface area contributed by atoms with Crippen molar-refractivity contribution in [1.82, 2.24) is 15.1 Å². The van der Waals surface area contributed by atoms with E-state index < -0.39 is 0 Å². The first-order valence-corrected chi connectivity index (χ1v) is 10.6. The first kappa shape index (κ1) is 22.2. The summed E-state index contributed by atoms with van der Waals surface area (Å²) in [5, 5.41) is 11.9. The van der Waals surface area contributed by atoms with Crippen LogP contribution in [-0.4, -0.2) is 68.5 Å². The van der Waals surface area contributed by atoms with Gasteiger partial charge in [-0.15, -0.1) is 10.2 Å². The molecule has 1 saturated heterocycles. The van der Waals surface area contributed by atoms with Gasteiger partial charge in [0.15, 0.2) is 23.1 Å². The average Bonchev–Trinajstić information content (AvgIpc) is 2.88. The predicted octanol–water partition coefficient (Wildman–Crippen LogP) is 3.21. The van der Waals surface area contributed by atoms with Crippen LogP contribution in [0, 0.1) is 0 Å². The molecule has 0 atom stereocenters. The summed E-state index contributed by atoms with van der Waals surface area (Å²) in [6, 6.07) is 17.0. The van der Waals surface area contributed by atoms with Crippen LogP contribution in [0.2, 0.25) is 0 Å². The van der Waals surface area contributed by atoms with Crippen molar-refractivity contribution >= 4 is 23.2 Å². The molecule has 9 heteroatoms. The van der Waals surface area contributed by atoms with Crippen LogP contribution in [0.1, 0.15) is 10.4 Å². The third-order valence-electron chi connectivity index (χ3n) is 5.50. The van der Waals surface area contributed by atoms with Crippen molar-refractivity contribution in [1.29, 1.82) is 0 Å². The first-order chi connectivity index (χ1) is 16.1. The fourth-order valence-corrected chi connectivity index (χ4v) is 3.76. The average molecular weight is 450 g/mol. The maximum atomic E-state index is 13.1. The Balaban J connectivity index is 1.39. The van der Waals surface area contributed by atoms with Gasteiger partial charge in [0.2, 0.25) is 5.75 Å². The molecule has 1 fully saturated rings. The number of carbonyl (C=O) groups is 1. The Morgan fingerprint density at radius 3 is 2.06 bits per heavy atom. The van der Waals surface area contributed by atoms with Crippen molar-refractivity contribution in [2.75, 3.05) is 57.7 Å². The third-order valence-corrected chi connectivity index (χ3v) is 5.50. The number of hydrogen-bond acceptors (Lipinski definition) is 8. The number of para-hydroxylation sites is 1. The fraction of sp³-hybridized carbons (Fsp3) is 0.292. The summed E-state index contributed by atoms with van der Waals surface area (Å²) in [7, 11) is 4.60. The van der Waals surface area contributed by atoms with Crippen LogP contribution in [0.3, 0.4) is 0 Å². The topological polar surface area (TPSA) is 89.1 Å². The van der Waals surface area contributed by atoms with E-state index in [1.165, 1.54) is 21.3 Å². The highest BCUT2D eigenvalue weighted by atomic mass is 16.5. The molecule has 0 spiro atoms. The molecular formula is C24H27N5O4. The number of aromatic nitrogens is 2. The molecule has 0 radical (unpaired) electrons. The van der Waals surface area contributed by atoms with Crippen molar-refractivity contribution in [3.63, 3.8) is 0 Å². The highest BCUT2D eigenvalue weighted by Gasteiger charge is 2.25. The summed E-state index contributed by atoms with van der Waals surface area (Å²) in [5.74, 6) is 2.76. The Hall–Kier alpha value is -4.01. The summed E-state index contributed by atoms with van der Waals surface area (Å²) in [6.45, 7) is 2.47. The Morgan fingerprint density at radius 1 is 0.848 bits per heavy atom. The Bertz CT molecular complexity index is 1060. The smallest absolute Gasteiger partial charge is 0.254 e. The first-order valence-electron chi connectivity index (χ1n) is 10.6. The second-order valence-electron chi connectivity index (χ2n) is 7.46. The minimum Gasteiger partial charge on any atom is -0.493 e. The Morgan fingerprint density at radius 2 is 1.52 bits per heavy atom. The van der Waals surface area contributed by atoms with Crippen LogP contribution < -0.4 is 24.4 Å². The van der Waals surface area contributed by atoms with Gasteiger partial charge in [-0.25, -0.2) is 0 Å². The molecule has 2 heterocycles. The Kier molecular flexibility index (Phi) is 6.77. The minimum atomic E-state index is -0.0811. The van der Waals surface area contributed by atoms with E-state index in [0.717, 1.165) is 11.5 Å². The van der Waals surface area contributed by atoms with Crippen molar-refractivity contribution in [2.45, 2.75) is 0 Å². The lowest BCUT2D eigenvalue weighted by Crippen LogP contribution is -2.49. The maximum absolute atomic E-state index is 13.1. The van der Waals surface area contributed by atoms with Crippen molar-refractivity contribution in [2.24, 2.45) is 0 Å². The number of piperazine rings is 1. The van der Waals surface area contributed by atoms with Gasteiger partial charge < -0.3 is 29.3 Å².